The fraction of sp³-hybridized carbons (Fsp3) is 0.381. The fourth-order valence-corrected chi connectivity index (χ4v) is 3.84. The summed E-state index contributed by atoms with van der Waals surface area (Å²) in [6.07, 6.45) is 5.72. The number of benzene rings is 1. The van der Waals surface area contributed by atoms with E-state index in [0.29, 0.717) is 29.4 Å². The molecule has 0 N–H and O–H groups in total. The molecule has 26 heavy (non-hydrogen) atoms. The van der Waals surface area contributed by atoms with Gasteiger partial charge in [0.1, 0.15) is 11.9 Å². The van der Waals surface area contributed by atoms with Gasteiger partial charge in [0.2, 0.25) is 5.78 Å². The summed E-state index contributed by atoms with van der Waals surface area (Å²) in [6.45, 7) is 6.00. The number of hydrogen-bond donors (Lipinski definition) is 0. The lowest BCUT2D eigenvalue weighted by molar-refractivity contribution is -0.114. The first-order chi connectivity index (χ1) is 12.5. The summed E-state index contributed by atoms with van der Waals surface area (Å²) >= 11 is 0. The van der Waals surface area contributed by atoms with Gasteiger partial charge in [-0.15, -0.1) is 6.58 Å². The van der Waals surface area contributed by atoms with Crippen LogP contribution in [-0.2, 0) is 14.3 Å². The van der Waals surface area contributed by atoms with Crippen molar-refractivity contribution < 1.29 is 23.7 Å². The highest BCUT2D eigenvalue weighted by molar-refractivity contribution is 6.04. The number of hydrogen-bond acceptors (Lipinski definition) is 5. The summed E-state index contributed by atoms with van der Waals surface area (Å²) in [5, 5.41) is 0. The van der Waals surface area contributed by atoms with Gasteiger partial charge < -0.3 is 18.9 Å². The Bertz CT molecular complexity index is 792. The highest BCUT2D eigenvalue weighted by Crippen LogP contribution is 2.57. The van der Waals surface area contributed by atoms with Crippen molar-refractivity contribution >= 4 is 5.78 Å². The second kappa shape index (κ2) is 6.90. The lowest BCUT2D eigenvalue weighted by Gasteiger charge is -2.31. The molecule has 3 rings (SSSR count). The molecule has 3 atom stereocenters. The van der Waals surface area contributed by atoms with Crippen LogP contribution in [0.25, 0.3) is 0 Å². The summed E-state index contributed by atoms with van der Waals surface area (Å²) in [7, 11) is 4.72. The maximum Gasteiger partial charge on any atom is 0.223 e. The van der Waals surface area contributed by atoms with Gasteiger partial charge in [-0.3, -0.25) is 4.79 Å². The van der Waals surface area contributed by atoms with Crippen molar-refractivity contribution in [3.8, 4) is 11.5 Å². The molecule has 2 aliphatic rings. The van der Waals surface area contributed by atoms with Gasteiger partial charge in [-0.25, -0.2) is 0 Å². The lowest BCUT2D eigenvalue weighted by Crippen LogP contribution is -2.29. The highest BCUT2D eigenvalue weighted by Gasteiger charge is 2.52. The third-order valence-corrected chi connectivity index (χ3v) is 5.31. The molecule has 1 aliphatic carbocycles. The van der Waals surface area contributed by atoms with Crippen LogP contribution < -0.4 is 9.47 Å². The molecule has 1 fully saturated rings. The number of allylic oxidation sites excluding steroid dienone is 3. The first-order valence-corrected chi connectivity index (χ1v) is 8.53. The molecule has 0 bridgehead atoms. The van der Waals surface area contributed by atoms with E-state index < -0.39 is 5.41 Å². The lowest BCUT2D eigenvalue weighted by atomic mass is 9.69. The first kappa shape index (κ1) is 18.1. The molecule has 0 radical (unpaired) electrons. The molecule has 5 heteroatoms. The molecular weight excluding hydrogens is 332 g/mol. The molecule has 1 aromatic carbocycles. The van der Waals surface area contributed by atoms with E-state index in [1.54, 1.807) is 20.3 Å². The normalized spacial score (nSPS) is 27.0. The van der Waals surface area contributed by atoms with Crippen molar-refractivity contribution in [2.24, 2.45) is 11.3 Å². The van der Waals surface area contributed by atoms with Gasteiger partial charge in [0, 0.05) is 12.0 Å². The van der Waals surface area contributed by atoms with Crippen LogP contribution in [0.2, 0.25) is 0 Å². The molecule has 1 aromatic rings. The van der Waals surface area contributed by atoms with Crippen LogP contribution in [0.1, 0.15) is 25.0 Å². The predicted octanol–water partition coefficient (Wildman–Crippen LogP) is 3.97. The average Bonchev–Trinajstić information content (AvgIpc) is 2.93. The van der Waals surface area contributed by atoms with E-state index in [1.165, 1.54) is 7.11 Å². The van der Waals surface area contributed by atoms with E-state index in [9.17, 15) is 4.79 Å². The van der Waals surface area contributed by atoms with E-state index >= 15 is 0 Å². The number of carbonyl (C=O) groups is 1. The second-order valence-corrected chi connectivity index (χ2v) is 6.56. The van der Waals surface area contributed by atoms with E-state index in [4.69, 9.17) is 18.9 Å². The molecule has 0 aromatic heterocycles. The van der Waals surface area contributed by atoms with Gasteiger partial charge in [0.15, 0.2) is 17.3 Å². The third kappa shape index (κ3) is 2.68. The maximum atomic E-state index is 12.2. The van der Waals surface area contributed by atoms with Crippen molar-refractivity contribution in [1.82, 2.24) is 0 Å². The van der Waals surface area contributed by atoms with Crippen LogP contribution in [0.4, 0.5) is 0 Å². The molecule has 5 nitrogen and oxygen atoms in total. The number of methoxy groups -OCH3 is 3. The Kier molecular flexibility index (Phi) is 4.81. The Hall–Kier alpha value is -2.69. The number of ether oxygens (including phenoxy) is 4. The maximum absolute atomic E-state index is 12.2. The molecular formula is C21H24O5. The first-order valence-electron chi connectivity index (χ1n) is 8.53. The Morgan fingerprint density at radius 2 is 1.92 bits per heavy atom. The van der Waals surface area contributed by atoms with Gasteiger partial charge in [0.05, 0.1) is 26.7 Å². The van der Waals surface area contributed by atoms with Crippen LogP contribution >= 0.6 is 0 Å². The topological polar surface area (TPSA) is 54.0 Å². The van der Waals surface area contributed by atoms with Crippen LogP contribution in [-0.4, -0.2) is 27.1 Å². The number of fused-ring (bicyclic) bond motifs is 1. The fourth-order valence-electron chi connectivity index (χ4n) is 3.84. The number of rotatable bonds is 6. The van der Waals surface area contributed by atoms with Gasteiger partial charge in [-0.2, -0.15) is 0 Å². The van der Waals surface area contributed by atoms with E-state index in [2.05, 4.69) is 13.5 Å². The minimum atomic E-state index is -0.446. The summed E-state index contributed by atoms with van der Waals surface area (Å²) in [6, 6.07) is 5.75. The largest absolute Gasteiger partial charge is 0.493 e. The monoisotopic (exact) mass is 356 g/mol. The summed E-state index contributed by atoms with van der Waals surface area (Å²) < 4.78 is 22.3. The Balaban J connectivity index is 2.05. The van der Waals surface area contributed by atoms with Gasteiger partial charge in [0.25, 0.3) is 0 Å². The standard InChI is InChI=1S/C21H24O5/c1-6-9-21-12-18(25-5)15(22)11-19(21)26-20(13(21)2)14-7-8-16(23-3)17(10-14)24-4/h6-8,10-13,20H,1,9H2,2-5H3. The SMILES string of the molecule is C=CCC12C=C(OC)C(=O)C=C1OC(c1ccc(OC)c(OC)c1)C2C. The predicted molar refractivity (Wildman–Crippen MR) is 98.0 cm³/mol. The molecule has 0 spiro atoms. The molecule has 0 amide bonds. The van der Waals surface area contributed by atoms with Crippen molar-refractivity contribution in [3.05, 3.63) is 60.1 Å². The summed E-state index contributed by atoms with van der Waals surface area (Å²) in [4.78, 5) is 12.2. The molecule has 1 saturated heterocycles. The van der Waals surface area contributed by atoms with Crippen molar-refractivity contribution in [2.75, 3.05) is 21.3 Å². The second-order valence-electron chi connectivity index (χ2n) is 6.56. The minimum absolute atomic E-state index is 0.0723. The number of carbonyl (C=O) groups excluding carboxylic acids is 1. The molecule has 3 unspecified atom stereocenters. The third-order valence-electron chi connectivity index (χ3n) is 5.31. The smallest absolute Gasteiger partial charge is 0.223 e. The van der Waals surface area contributed by atoms with Crippen molar-refractivity contribution in [1.29, 1.82) is 0 Å². The summed E-state index contributed by atoms with van der Waals surface area (Å²) in [5.74, 6) is 2.21. The summed E-state index contributed by atoms with van der Waals surface area (Å²) in [5.41, 5.74) is 0.521. The van der Waals surface area contributed by atoms with Gasteiger partial charge >= 0.3 is 0 Å². The van der Waals surface area contributed by atoms with Gasteiger partial charge in [-0.05, 0) is 30.2 Å². The van der Waals surface area contributed by atoms with Gasteiger partial charge in [-0.1, -0.05) is 19.1 Å². The molecule has 138 valence electrons. The Labute approximate surface area is 153 Å². The molecule has 1 aliphatic heterocycles. The zero-order chi connectivity index (χ0) is 18.9. The average molecular weight is 356 g/mol. The van der Waals surface area contributed by atoms with Crippen LogP contribution in [0.3, 0.4) is 0 Å². The molecule has 1 heterocycles. The minimum Gasteiger partial charge on any atom is -0.493 e. The molecule has 0 saturated carbocycles. The Morgan fingerprint density at radius 3 is 2.54 bits per heavy atom. The van der Waals surface area contributed by atoms with E-state index in [-0.39, 0.29) is 17.8 Å². The highest BCUT2D eigenvalue weighted by atomic mass is 16.5. The van der Waals surface area contributed by atoms with E-state index in [1.807, 2.05) is 30.4 Å². The quantitative estimate of drug-likeness (QED) is 0.722. The van der Waals surface area contributed by atoms with Crippen molar-refractivity contribution in [2.45, 2.75) is 19.4 Å². The van der Waals surface area contributed by atoms with Crippen LogP contribution in [0, 0.1) is 11.3 Å². The Morgan fingerprint density at radius 1 is 1.19 bits per heavy atom. The van der Waals surface area contributed by atoms with E-state index in [0.717, 1.165) is 5.56 Å². The van der Waals surface area contributed by atoms with Crippen LogP contribution in [0.5, 0.6) is 11.5 Å². The zero-order valence-electron chi connectivity index (χ0n) is 15.6. The van der Waals surface area contributed by atoms with Crippen molar-refractivity contribution in [3.63, 3.8) is 0 Å². The zero-order valence-corrected chi connectivity index (χ0v) is 15.6. The number of ketones is 1. The van der Waals surface area contributed by atoms with Crippen LogP contribution in [0.15, 0.2) is 54.5 Å².